The fourth-order valence-corrected chi connectivity index (χ4v) is 3.57. The Bertz CT molecular complexity index is 657. The average Bonchev–Trinajstić information content (AvgIpc) is 2.38. The zero-order chi connectivity index (χ0) is 16.1. The second kappa shape index (κ2) is 5.14. The van der Waals surface area contributed by atoms with E-state index in [4.69, 9.17) is 4.74 Å². The Morgan fingerprint density at radius 2 is 1.95 bits per heavy atom. The van der Waals surface area contributed by atoms with Gasteiger partial charge in [0.1, 0.15) is 5.60 Å². The van der Waals surface area contributed by atoms with E-state index >= 15 is 0 Å². The Hall–Kier alpha value is -1.78. The number of amides is 1. The number of likely N-dealkylation sites (tertiary alicyclic amines) is 1. The number of ether oxygens (including phenoxy) is 1. The van der Waals surface area contributed by atoms with E-state index in [2.05, 4.69) is 6.07 Å². The molecule has 1 amide bonds. The molecule has 2 aliphatic heterocycles. The average molecular weight is 304 g/mol. The number of fused-ring (bicyclic) bond motifs is 4. The molecular formula is C17H24N2O3. The van der Waals surface area contributed by atoms with Crippen LogP contribution in [0.15, 0.2) is 16.9 Å². The predicted molar refractivity (Wildman–Crippen MR) is 84.1 cm³/mol. The largest absolute Gasteiger partial charge is 0.444 e. The molecular weight excluding hydrogens is 280 g/mol. The van der Waals surface area contributed by atoms with Crippen molar-refractivity contribution in [3.05, 3.63) is 33.7 Å². The van der Waals surface area contributed by atoms with Crippen LogP contribution in [0.4, 0.5) is 4.79 Å². The molecule has 1 fully saturated rings. The molecule has 1 aromatic rings. The minimum atomic E-state index is -0.477. The molecule has 0 aromatic carbocycles. The lowest BCUT2D eigenvalue weighted by Gasteiger charge is -2.43. The maximum absolute atomic E-state index is 12.3. The Kier molecular flexibility index (Phi) is 3.54. The van der Waals surface area contributed by atoms with Crippen LogP contribution in [0.3, 0.4) is 0 Å². The summed E-state index contributed by atoms with van der Waals surface area (Å²) in [5, 5.41) is 0. The molecule has 5 heteroatoms. The van der Waals surface area contributed by atoms with Crippen molar-refractivity contribution in [2.75, 3.05) is 13.1 Å². The van der Waals surface area contributed by atoms with Gasteiger partial charge in [0.2, 0.25) is 0 Å². The first kappa shape index (κ1) is 15.1. The van der Waals surface area contributed by atoms with Gasteiger partial charge in [-0.05, 0) is 51.7 Å². The van der Waals surface area contributed by atoms with Crippen LogP contribution >= 0.6 is 0 Å². The van der Waals surface area contributed by atoms with Crippen LogP contribution in [-0.4, -0.2) is 34.3 Å². The number of carbonyl (C=O) groups is 1. The van der Waals surface area contributed by atoms with Crippen molar-refractivity contribution >= 4 is 6.09 Å². The fraction of sp³-hybridized carbons (Fsp3) is 0.647. The Balaban J connectivity index is 1.85. The van der Waals surface area contributed by atoms with E-state index in [1.807, 2.05) is 32.3 Å². The smallest absolute Gasteiger partial charge is 0.410 e. The molecule has 0 unspecified atom stereocenters. The SMILES string of the molecule is Cc1cc2n(c(=O)c1)C[C@@H]1C[C@H]2CN(C(=O)OC(C)(C)C)C1. The van der Waals surface area contributed by atoms with Crippen LogP contribution < -0.4 is 5.56 Å². The molecule has 120 valence electrons. The Morgan fingerprint density at radius 3 is 2.64 bits per heavy atom. The number of hydrogen-bond acceptors (Lipinski definition) is 3. The first-order valence-electron chi connectivity index (χ1n) is 7.92. The molecule has 2 bridgehead atoms. The summed E-state index contributed by atoms with van der Waals surface area (Å²) >= 11 is 0. The topological polar surface area (TPSA) is 51.5 Å². The predicted octanol–water partition coefficient (Wildman–Crippen LogP) is 2.51. The molecule has 1 aromatic heterocycles. The number of piperidine rings is 1. The van der Waals surface area contributed by atoms with E-state index in [9.17, 15) is 9.59 Å². The lowest BCUT2D eigenvalue weighted by atomic mass is 9.83. The van der Waals surface area contributed by atoms with Crippen LogP contribution in [0.5, 0.6) is 0 Å². The number of aromatic nitrogens is 1. The highest BCUT2D eigenvalue weighted by Gasteiger charge is 2.37. The van der Waals surface area contributed by atoms with Gasteiger partial charge >= 0.3 is 6.09 Å². The number of pyridine rings is 1. The van der Waals surface area contributed by atoms with E-state index in [1.54, 1.807) is 11.0 Å². The Morgan fingerprint density at radius 1 is 1.23 bits per heavy atom. The van der Waals surface area contributed by atoms with Crippen LogP contribution in [-0.2, 0) is 11.3 Å². The normalized spacial score (nSPS) is 23.9. The first-order chi connectivity index (χ1) is 10.2. The third-order valence-corrected chi connectivity index (χ3v) is 4.35. The summed E-state index contributed by atoms with van der Waals surface area (Å²) in [7, 11) is 0. The van der Waals surface area contributed by atoms with Crippen molar-refractivity contribution in [3.8, 4) is 0 Å². The maximum Gasteiger partial charge on any atom is 0.410 e. The second-order valence-electron chi connectivity index (χ2n) is 7.59. The summed E-state index contributed by atoms with van der Waals surface area (Å²) in [5.41, 5.74) is 1.66. The van der Waals surface area contributed by atoms with E-state index in [1.165, 1.54) is 0 Å². The highest BCUT2D eigenvalue weighted by Crippen LogP contribution is 2.35. The monoisotopic (exact) mass is 304 g/mol. The minimum Gasteiger partial charge on any atom is -0.444 e. The van der Waals surface area contributed by atoms with Crippen LogP contribution in [0.2, 0.25) is 0 Å². The van der Waals surface area contributed by atoms with Crippen molar-refractivity contribution < 1.29 is 9.53 Å². The number of aryl methyl sites for hydroxylation is 1. The van der Waals surface area contributed by atoms with Crippen LogP contribution in [0.1, 0.15) is 44.4 Å². The number of rotatable bonds is 0. The van der Waals surface area contributed by atoms with Gasteiger partial charge in [-0.15, -0.1) is 0 Å². The molecule has 0 radical (unpaired) electrons. The molecule has 5 nitrogen and oxygen atoms in total. The van der Waals surface area contributed by atoms with Gasteiger partial charge in [-0.3, -0.25) is 4.79 Å². The molecule has 0 N–H and O–H groups in total. The van der Waals surface area contributed by atoms with Gasteiger partial charge in [0.25, 0.3) is 5.56 Å². The molecule has 2 aliphatic rings. The summed E-state index contributed by atoms with van der Waals surface area (Å²) in [6, 6.07) is 3.77. The van der Waals surface area contributed by atoms with Crippen molar-refractivity contribution in [1.82, 2.24) is 9.47 Å². The van der Waals surface area contributed by atoms with Crippen LogP contribution in [0, 0.1) is 12.8 Å². The molecule has 2 atom stereocenters. The van der Waals surface area contributed by atoms with Gasteiger partial charge in [-0.1, -0.05) is 0 Å². The lowest BCUT2D eigenvalue weighted by molar-refractivity contribution is 0.0102. The van der Waals surface area contributed by atoms with E-state index in [0.717, 1.165) is 17.7 Å². The van der Waals surface area contributed by atoms with Crippen molar-refractivity contribution in [2.24, 2.45) is 5.92 Å². The highest BCUT2D eigenvalue weighted by molar-refractivity contribution is 5.68. The van der Waals surface area contributed by atoms with Crippen LogP contribution in [0.25, 0.3) is 0 Å². The molecule has 22 heavy (non-hydrogen) atoms. The number of nitrogens with zero attached hydrogens (tertiary/aromatic N) is 2. The van der Waals surface area contributed by atoms with Crippen molar-refractivity contribution in [1.29, 1.82) is 0 Å². The lowest BCUT2D eigenvalue weighted by Crippen LogP contribution is -2.50. The second-order valence-corrected chi connectivity index (χ2v) is 7.59. The molecule has 0 aliphatic carbocycles. The summed E-state index contributed by atoms with van der Waals surface area (Å²) < 4.78 is 7.38. The van der Waals surface area contributed by atoms with Gasteiger partial charge in [0, 0.05) is 37.3 Å². The van der Waals surface area contributed by atoms with Crippen molar-refractivity contribution in [2.45, 2.75) is 52.2 Å². The summed E-state index contributed by atoms with van der Waals surface area (Å²) in [4.78, 5) is 26.3. The number of carbonyl (C=O) groups excluding carboxylic acids is 1. The zero-order valence-corrected chi connectivity index (χ0v) is 13.8. The maximum atomic E-state index is 12.3. The van der Waals surface area contributed by atoms with E-state index < -0.39 is 5.60 Å². The van der Waals surface area contributed by atoms with E-state index in [0.29, 0.717) is 25.6 Å². The molecule has 1 saturated heterocycles. The molecule has 3 rings (SSSR count). The minimum absolute atomic E-state index is 0.0791. The van der Waals surface area contributed by atoms with Gasteiger partial charge in [0.05, 0.1) is 0 Å². The van der Waals surface area contributed by atoms with Gasteiger partial charge in [0.15, 0.2) is 0 Å². The standard InChI is InChI=1S/C17H24N2O3/c1-11-5-14-13-7-12(9-19(14)15(20)6-11)8-18(10-13)16(21)22-17(2,3)4/h5-6,12-13H,7-10H2,1-4H3/t12-,13+/m1/s1. The highest BCUT2D eigenvalue weighted by atomic mass is 16.6. The third-order valence-electron chi connectivity index (χ3n) is 4.35. The Labute approximate surface area is 130 Å². The molecule has 0 spiro atoms. The third kappa shape index (κ3) is 2.89. The van der Waals surface area contributed by atoms with Crippen molar-refractivity contribution in [3.63, 3.8) is 0 Å². The summed E-state index contributed by atoms with van der Waals surface area (Å²) in [6.07, 6.45) is 0.799. The van der Waals surface area contributed by atoms with Gasteiger partial charge < -0.3 is 14.2 Å². The summed E-state index contributed by atoms with van der Waals surface area (Å²) in [6.45, 7) is 9.60. The van der Waals surface area contributed by atoms with Gasteiger partial charge in [-0.25, -0.2) is 4.79 Å². The quantitative estimate of drug-likeness (QED) is 0.740. The molecule has 3 heterocycles. The summed E-state index contributed by atoms with van der Waals surface area (Å²) in [5.74, 6) is 0.562. The number of hydrogen-bond donors (Lipinski definition) is 0. The van der Waals surface area contributed by atoms with E-state index in [-0.39, 0.29) is 17.6 Å². The zero-order valence-electron chi connectivity index (χ0n) is 13.8. The van der Waals surface area contributed by atoms with Gasteiger partial charge in [-0.2, -0.15) is 0 Å². The first-order valence-corrected chi connectivity index (χ1v) is 7.92. The fourth-order valence-electron chi connectivity index (χ4n) is 3.57. The molecule has 0 saturated carbocycles.